The van der Waals surface area contributed by atoms with Crippen LogP contribution < -0.4 is 5.32 Å². The Morgan fingerprint density at radius 1 is 1.88 bits per heavy atom. The monoisotopic (exact) mass is 286 g/mol. The fraction of sp³-hybridized carbons (Fsp3) is 0.250. The van der Waals surface area contributed by atoms with E-state index in [-0.39, 0.29) is 0 Å². The molecule has 0 aromatic carbocycles. The fourth-order valence-corrected chi connectivity index (χ4v) is 0.940. The molecule has 0 bridgehead atoms. The van der Waals surface area contributed by atoms with Crippen molar-refractivity contribution in [1.82, 2.24) is 5.32 Å². The number of hydrogen-bond acceptors (Lipinski definition) is 2. The first-order valence-corrected chi connectivity index (χ1v) is 3.97. The summed E-state index contributed by atoms with van der Waals surface area (Å²) in [6, 6.07) is 0. The van der Waals surface area contributed by atoms with Crippen LogP contribution in [0.1, 0.15) is 0 Å². The minimum absolute atomic E-state index is 0.769. The maximum absolute atomic E-state index is 4.09. The molecule has 0 unspecified atom stereocenters. The molecule has 0 aromatic rings. The molecule has 1 N–H and O–H groups in total. The SMILES string of the molecule is BrC1=CNC(I)=NC1. The van der Waals surface area contributed by atoms with Crippen molar-refractivity contribution in [2.75, 3.05) is 6.54 Å². The van der Waals surface area contributed by atoms with E-state index in [2.05, 4.69) is 48.8 Å². The van der Waals surface area contributed by atoms with Crippen LogP contribution in [0.5, 0.6) is 0 Å². The van der Waals surface area contributed by atoms with Crippen LogP contribution >= 0.6 is 38.5 Å². The number of nitrogens with one attached hydrogen (secondary N) is 1. The van der Waals surface area contributed by atoms with Crippen molar-refractivity contribution >= 4 is 42.4 Å². The topological polar surface area (TPSA) is 24.4 Å². The molecule has 1 aliphatic heterocycles. The third-order valence-corrected chi connectivity index (χ3v) is 1.85. The molecule has 0 radical (unpaired) electrons. The largest absolute Gasteiger partial charge is 0.341 e. The molecule has 0 fully saturated rings. The van der Waals surface area contributed by atoms with Gasteiger partial charge < -0.3 is 5.32 Å². The number of halogens is 2. The van der Waals surface area contributed by atoms with Crippen molar-refractivity contribution < 1.29 is 0 Å². The van der Waals surface area contributed by atoms with Crippen molar-refractivity contribution in [2.24, 2.45) is 4.99 Å². The van der Waals surface area contributed by atoms with E-state index in [0.717, 1.165) is 14.9 Å². The molecule has 4 heteroatoms. The summed E-state index contributed by atoms with van der Waals surface area (Å²) < 4.78 is 2.05. The second-order valence-electron chi connectivity index (χ2n) is 1.34. The lowest BCUT2D eigenvalue weighted by Crippen LogP contribution is -2.14. The Morgan fingerprint density at radius 3 is 3.00 bits per heavy atom. The van der Waals surface area contributed by atoms with E-state index in [1.165, 1.54) is 0 Å². The molecule has 2 nitrogen and oxygen atoms in total. The maximum Gasteiger partial charge on any atom is 0.164 e. The highest BCUT2D eigenvalue weighted by Crippen LogP contribution is 2.07. The van der Waals surface area contributed by atoms with Crippen molar-refractivity contribution in [3.8, 4) is 0 Å². The molecule has 1 rings (SSSR count). The third kappa shape index (κ3) is 1.74. The second kappa shape index (κ2) is 2.82. The van der Waals surface area contributed by atoms with E-state index in [9.17, 15) is 0 Å². The molecule has 0 spiro atoms. The summed E-state index contributed by atoms with van der Waals surface area (Å²) in [6.07, 6.45) is 1.90. The summed E-state index contributed by atoms with van der Waals surface area (Å²) in [5.74, 6) is 0. The van der Waals surface area contributed by atoms with E-state index in [4.69, 9.17) is 0 Å². The van der Waals surface area contributed by atoms with Gasteiger partial charge in [0.25, 0.3) is 0 Å². The average Bonchev–Trinajstić information content (AvgIpc) is 1.77. The van der Waals surface area contributed by atoms with Gasteiger partial charge in [-0.3, -0.25) is 4.99 Å². The predicted molar refractivity (Wildman–Crippen MR) is 46.5 cm³/mol. The molecule has 0 aromatic heterocycles. The lowest BCUT2D eigenvalue weighted by molar-refractivity contribution is 1.12. The minimum Gasteiger partial charge on any atom is -0.341 e. The fourth-order valence-electron chi connectivity index (χ4n) is 0.374. The molecule has 44 valence electrons. The average molecular weight is 287 g/mol. The smallest absolute Gasteiger partial charge is 0.164 e. The minimum atomic E-state index is 0.769. The number of nitrogens with zero attached hydrogens (tertiary/aromatic N) is 1. The highest BCUT2D eigenvalue weighted by atomic mass is 127. The van der Waals surface area contributed by atoms with E-state index >= 15 is 0 Å². The second-order valence-corrected chi connectivity index (χ2v) is 3.38. The zero-order chi connectivity index (χ0) is 5.98. The van der Waals surface area contributed by atoms with E-state index in [0.29, 0.717) is 0 Å². The summed E-state index contributed by atoms with van der Waals surface area (Å²) >= 11 is 5.44. The Bertz CT molecular complexity index is 134. The molecule has 8 heavy (non-hydrogen) atoms. The molecule has 1 heterocycles. The summed E-state index contributed by atoms with van der Waals surface area (Å²) in [4.78, 5) is 4.09. The van der Waals surface area contributed by atoms with Crippen LogP contribution in [0.2, 0.25) is 0 Å². The number of hydrogen-bond donors (Lipinski definition) is 1. The van der Waals surface area contributed by atoms with Gasteiger partial charge in [0.1, 0.15) is 0 Å². The normalized spacial score (nSPS) is 18.8. The lowest BCUT2D eigenvalue weighted by atomic mass is 10.6. The van der Waals surface area contributed by atoms with Crippen molar-refractivity contribution in [3.63, 3.8) is 0 Å². The van der Waals surface area contributed by atoms with Gasteiger partial charge in [-0.05, 0) is 22.6 Å². The standard InChI is InChI=1S/C4H4BrIN2/c5-3-1-7-4(6)8-2-3/h1H,2H2,(H,7,8). The van der Waals surface area contributed by atoms with Crippen LogP contribution in [0.3, 0.4) is 0 Å². The van der Waals surface area contributed by atoms with Gasteiger partial charge >= 0.3 is 0 Å². The van der Waals surface area contributed by atoms with Crippen molar-refractivity contribution in [1.29, 1.82) is 0 Å². The molecule has 1 aliphatic rings. The van der Waals surface area contributed by atoms with Gasteiger partial charge in [-0.25, -0.2) is 0 Å². The molecule has 0 atom stereocenters. The first kappa shape index (κ1) is 6.54. The van der Waals surface area contributed by atoms with Crippen LogP contribution in [0.15, 0.2) is 15.7 Å². The van der Waals surface area contributed by atoms with Gasteiger partial charge in [0, 0.05) is 10.7 Å². The zero-order valence-electron chi connectivity index (χ0n) is 3.99. The van der Waals surface area contributed by atoms with Gasteiger partial charge in [-0.2, -0.15) is 0 Å². The Morgan fingerprint density at radius 2 is 2.62 bits per heavy atom. The quantitative estimate of drug-likeness (QED) is 0.531. The van der Waals surface area contributed by atoms with Gasteiger partial charge in [-0.15, -0.1) is 0 Å². The van der Waals surface area contributed by atoms with Crippen LogP contribution in [0, 0.1) is 0 Å². The predicted octanol–water partition coefficient (Wildman–Crippen LogP) is 1.62. The summed E-state index contributed by atoms with van der Waals surface area (Å²) in [6.45, 7) is 0.769. The molecule has 0 aliphatic carbocycles. The summed E-state index contributed by atoms with van der Waals surface area (Å²) in [5.41, 5.74) is 0. The van der Waals surface area contributed by atoms with Crippen LogP contribution in [0.4, 0.5) is 0 Å². The van der Waals surface area contributed by atoms with Crippen LogP contribution in [0.25, 0.3) is 0 Å². The van der Waals surface area contributed by atoms with Crippen LogP contribution in [-0.4, -0.2) is 10.4 Å². The molecule has 0 amide bonds. The number of rotatable bonds is 0. The lowest BCUT2D eigenvalue weighted by Gasteiger charge is -2.04. The zero-order valence-corrected chi connectivity index (χ0v) is 7.73. The summed E-state index contributed by atoms with van der Waals surface area (Å²) in [7, 11) is 0. The number of amidine groups is 1. The van der Waals surface area contributed by atoms with Crippen LogP contribution in [-0.2, 0) is 0 Å². The van der Waals surface area contributed by atoms with Gasteiger partial charge in [0.05, 0.1) is 6.54 Å². The van der Waals surface area contributed by atoms with E-state index < -0.39 is 0 Å². The first-order chi connectivity index (χ1) is 3.79. The van der Waals surface area contributed by atoms with Crippen molar-refractivity contribution in [2.45, 2.75) is 0 Å². The highest BCUT2D eigenvalue weighted by Gasteiger charge is 1.97. The molecular weight excluding hydrogens is 283 g/mol. The molecular formula is C4H4BrIN2. The Hall–Kier alpha value is 0.420. The summed E-state index contributed by atoms with van der Waals surface area (Å²) in [5, 5.41) is 2.96. The highest BCUT2D eigenvalue weighted by molar-refractivity contribution is 14.1. The maximum atomic E-state index is 4.09. The van der Waals surface area contributed by atoms with Gasteiger partial charge in [0.15, 0.2) is 3.84 Å². The van der Waals surface area contributed by atoms with Gasteiger partial charge in [0.2, 0.25) is 0 Å². The Kier molecular flexibility index (Phi) is 2.30. The molecule has 0 saturated carbocycles. The Balaban J connectivity index is 2.54. The molecule has 0 saturated heterocycles. The van der Waals surface area contributed by atoms with Crippen molar-refractivity contribution in [3.05, 3.63) is 10.7 Å². The Labute approximate surface area is 69.7 Å². The van der Waals surface area contributed by atoms with E-state index in [1.807, 2.05) is 6.20 Å². The van der Waals surface area contributed by atoms with Gasteiger partial charge in [-0.1, -0.05) is 15.9 Å². The number of aliphatic imine (C=N–C) groups is 1. The van der Waals surface area contributed by atoms with E-state index in [1.54, 1.807) is 0 Å². The third-order valence-electron chi connectivity index (χ3n) is 0.717. The first-order valence-electron chi connectivity index (χ1n) is 2.10.